The van der Waals surface area contributed by atoms with E-state index in [1.807, 2.05) is 30.6 Å². The maximum atomic E-state index is 4.01. The normalized spacial score (nSPS) is 7.14. The predicted octanol–water partition coefficient (Wildman–Crippen LogP) is 3.76. The topological polar surface area (TPSA) is 12.9 Å². The zero-order valence-electron chi connectivity index (χ0n) is 5.99. The number of hydrogen-bond acceptors (Lipinski definition) is 1. The summed E-state index contributed by atoms with van der Waals surface area (Å²) < 4.78 is 0. The van der Waals surface area contributed by atoms with E-state index in [2.05, 4.69) is 17.1 Å². The second-order valence-electron chi connectivity index (χ2n) is 2.22. The number of nitrogens with zero attached hydrogens (tertiary/aromatic N) is 1. The molecule has 0 bridgehead atoms. The van der Waals surface area contributed by atoms with E-state index in [1.54, 1.807) is 0 Å². The van der Waals surface area contributed by atoms with Gasteiger partial charge in [0.15, 0.2) is 0 Å². The third-order valence-corrected chi connectivity index (χ3v) is 1.55. The fourth-order valence-corrected chi connectivity index (χ4v) is 1.03. The zero-order valence-corrected chi connectivity index (χ0v) is 8.84. The first-order chi connectivity index (χ1) is 4.97. The van der Waals surface area contributed by atoms with Crippen molar-refractivity contribution in [3.05, 3.63) is 42.7 Å². The van der Waals surface area contributed by atoms with E-state index in [1.165, 1.54) is 10.8 Å². The van der Waals surface area contributed by atoms with Crippen molar-refractivity contribution in [2.24, 2.45) is 0 Å². The molecule has 0 fully saturated rings. The summed E-state index contributed by atoms with van der Waals surface area (Å²) in [6, 6.07) is 10.2. The monoisotopic (exact) mass is 297 g/mol. The van der Waals surface area contributed by atoms with Gasteiger partial charge in [-0.25, -0.2) is 0 Å². The fraction of sp³-hybridized carbons (Fsp3) is 0.250. The Kier molecular flexibility index (Phi) is 12.3. The largest absolute Gasteiger partial charge is 0.264 e. The van der Waals surface area contributed by atoms with E-state index >= 15 is 0 Å². The van der Waals surface area contributed by atoms with E-state index in [-0.39, 0.29) is 46.2 Å². The third kappa shape index (κ3) is 4.09. The molecule has 0 N–H and O–H groups in total. The molecule has 0 saturated carbocycles. The van der Waals surface area contributed by atoms with Gasteiger partial charge in [-0.05, 0) is 16.8 Å². The SMILES string of the molecule is C.C.C.[Sn].c1ccc2cnccc2c1. The summed E-state index contributed by atoms with van der Waals surface area (Å²) in [6.45, 7) is 0. The van der Waals surface area contributed by atoms with E-state index in [4.69, 9.17) is 0 Å². The molecule has 4 radical (unpaired) electrons. The Morgan fingerprint density at radius 1 is 0.786 bits per heavy atom. The minimum Gasteiger partial charge on any atom is -0.264 e. The van der Waals surface area contributed by atoms with Crippen LogP contribution in [-0.2, 0) is 0 Å². The van der Waals surface area contributed by atoms with Gasteiger partial charge >= 0.3 is 0 Å². The molecule has 2 rings (SSSR count). The summed E-state index contributed by atoms with van der Waals surface area (Å²) >= 11 is 0. The van der Waals surface area contributed by atoms with Crippen molar-refractivity contribution in [1.82, 2.24) is 4.98 Å². The Bertz CT molecular complexity index is 281. The number of benzene rings is 1. The van der Waals surface area contributed by atoms with E-state index in [9.17, 15) is 0 Å². The van der Waals surface area contributed by atoms with Crippen LogP contribution in [0.3, 0.4) is 0 Å². The van der Waals surface area contributed by atoms with Crippen LogP contribution in [0.25, 0.3) is 10.8 Å². The Balaban J connectivity index is -0.000000302. The van der Waals surface area contributed by atoms with Gasteiger partial charge in [-0.2, -0.15) is 0 Å². The molecule has 2 heteroatoms. The van der Waals surface area contributed by atoms with Gasteiger partial charge < -0.3 is 0 Å². The van der Waals surface area contributed by atoms with Crippen molar-refractivity contribution in [2.45, 2.75) is 22.3 Å². The number of aromatic nitrogens is 1. The molecule has 0 aliphatic heterocycles. The smallest absolute Gasteiger partial charge is 0.0346 e. The molecule has 1 aromatic heterocycles. The van der Waals surface area contributed by atoms with Crippen molar-refractivity contribution in [3.8, 4) is 0 Å². The summed E-state index contributed by atoms with van der Waals surface area (Å²) in [5, 5.41) is 2.45. The number of hydrogen-bond donors (Lipinski definition) is 0. The van der Waals surface area contributed by atoms with E-state index in [0.717, 1.165) is 0 Å². The van der Waals surface area contributed by atoms with Gasteiger partial charge in [0.2, 0.25) is 0 Å². The van der Waals surface area contributed by atoms with Crippen LogP contribution in [-0.4, -0.2) is 28.9 Å². The molecule has 0 saturated heterocycles. The minimum absolute atomic E-state index is 0. The first kappa shape index (κ1) is 19.1. The van der Waals surface area contributed by atoms with E-state index in [0.29, 0.717) is 0 Å². The van der Waals surface area contributed by atoms with Crippen LogP contribution in [0.1, 0.15) is 22.3 Å². The van der Waals surface area contributed by atoms with Crippen LogP contribution in [0.5, 0.6) is 0 Å². The van der Waals surface area contributed by atoms with Crippen LogP contribution in [0.2, 0.25) is 0 Å². The molecular formula is C12H19NSn. The Morgan fingerprint density at radius 2 is 1.36 bits per heavy atom. The fourth-order valence-electron chi connectivity index (χ4n) is 1.03. The van der Waals surface area contributed by atoms with Crippen molar-refractivity contribution in [3.63, 3.8) is 0 Å². The first-order valence-electron chi connectivity index (χ1n) is 3.25. The second-order valence-corrected chi connectivity index (χ2v) is 2.22. The summed E-state index contributed by atoms with van der Waals surface area (Å²) in [7, 11) is 0. The summed E-state index contributed by atoms with van der Waals surface area (Å²) in [5.41, 5.74) is 0. The number of fused-ring (bicyclic) bond motifs is 1. The average Bonchev–Trinajstić information content (AvgIpc) is 2.05. The molecule has 14 heavy (non-hydrogen) atoms. The van der Waals surface area contributed by atoms with Gasteiger partial charge in [0.1, 0.15) is 0 Å². The molecule has 2 aromatic rings. The van der Waals surface area contributed by atoms with Gasteiger partial charge in [0, 0.05) is 36.3 Å². The second kappa shape index (κ2) is 9.00. The van der Waals surface area contributed by atoms with Crippen molar-refractivity contribution in [1.29, 1.82) is 0 Å². The summed E-state index contributed by atoms with van der Waals surface area (Å²) in [4.78, 5) is 4.01. The van der Waals surface area contributed by atoms with Crippen LogP contribution in [0, 0.1) is 0 Å². The maximum Gasteiger partial charge on any atom is 0.0346 e. The average molecular weight is 296 g/mol. The molecule has 1 nitrogen and oxygen atoms in total. The van der Waals surface area contributed by atoms with Crippen molar-refractivity contribution in [2.75, 3.05) is 0 Å². The Labute approximate surface area is 105 Å². The summed E-state index contributed by atoms with van der Waals surface area (Å²) in [6.07, 6.45) is 3.68. The Hall–Kier alpha value is -0.571. The molecule has 0 atom stereocenters. The predicted molar refractivity (Wildman–Crippen MR) is 67.7 cm³/mol. The molecule has 0 spiro atoms. The quantitative estimate of drug-likeness (QED) is 0.674. The molecule has 0 aliphatic rings. The van der Waals surface area contributed by atoms with Gasteiger partial charge in [-0.1, -0.05) is 46.5 Å². The molecule has 0 amide bonds. The molecular weight excluding hydrogens is 277 g/mol. The van der Waals surface area contributed by atoms with Crippen molar-refractivity contribution < 1.29 is 0 Å². The van der Waals surface area contributed by atoms with Gasteiger partial charge in [0.05, 0.1) is 0 Å². The first-order valence-corrected chi connectivity index (χ1v) is 3.25. The van der Waals surface area contributed by atoms with Gasteiger partial charge in [-0.15, -0.1) is 0 Å². The molecule has 1 aromatic carbocycles. The molecule has 0 unspecified atom stereocenters. The van der Waals surface area contributed by atoms with Crippen LogP contribution in [0.4, 0.5) is 0 Å². The van der Waals surface area contributed by atoms with Crippen LogP contribution < -0.4 is 0 Å². The summed E-state index contributed by atoms with van der Waals surface area (Å²) in [5.74, 6) is 0. The number of pyridine rings is 1. The van der Waals surface area contributed by atoms with Crippen LogP contribution >= 0.6 is 0 Å². The third-order valence-electron chi connectivity index (χ3n) is 1.55. The minimum atomic E-state index is 0. The zero-order chi connectivity index (χ0) is 6.81. The molecule has 1 heterocycles. The van der Waals surface area contributed by atoms with Gasteiger partial charge in [0.25, 0.3) is 0 Å². The molecule has 76 valence electrons. The maximum absolute atomic E-state index is 4.01. The number of rotatable bonds is 0. The van der Waals surface area contributed by atoms with Crippen molar-refractivity contribution >= 4 is 34.7 Å². The standard InChI is InChI=1S/C9H7N.3CH4.Sn/c1-2-4-9-7-10-6-5-8(9)3-1;;;;/h1-7H;3*1H4;. The molecule has 0 aliphatic carbocycles. The van der Waals surface area contributed by atoms with E-state index < -0.39 is 0 Å². The van der Waals surface area contributed by atoms with Gasteiger partial charge in [-0.3, -0.25) is 4.98 Å². The van der Waals surface area contributed by atoms with Crippen LogP contribution in [0.15, 0.2) is 42.7 Å². The Morgan fingerprint density at radius 3 is 1.93 bits per heavy atom.